The number of benzene rings is 1. The molecular formula is C14H16N4O3S. The SMILES string of the molecule is COc1ccc(/C=N/n2c(C)n[nH]c2=S)cc1COC(C)=O. The van der Waals surface area contributed by atoms with Crippen LogP contribution in [0.3, 0.4) is 0 Å². The van der Waals surface area contributed by atoms with E-state index in [0.717, 1.165) is 11.1 Å². The van der Waals surface area contributed by atoms with Gasteiger partial charge in [0.15, 0.2) is 0 Å². The average Bonchev–Trinajstić information content (AvgIpc) is 2.82. The van der Waals surface area contributed by atoms with Gasteiger partial charge in [-0.1, -0.05) is 0 Å². The highest BCUT2D eigenvalue weighted by atomic mass is 32.1. The fraction of sp³-hybridized carbons (Fsp3) is 0.286. The number of aromatic amines is 1. The van der Waals surface area contributed by atoms with Gasteiger partial charge in [0.05, 0.1) is 13.3 Å². The van der Waals surface area contributed by atoms with Crippen molar-refractivity contribution in [2.24, 2.45) is 5.10 Å². The molecular weight excluding hydrogens is 304 g/mol. The fourth-order valence-electron chi connectivity index (χ4n) is 1.80. The number of H-pyrrole nitrogens is 1. The standard InChI is InChI=1S/C14H16N4O3S/c1-9-16-17-14(22)18(9)15-7-11-4-5-13(20-3)12(6-11)8-21-10(2)19/h4-7H,8H2,1-3H3,(H,17,22)/b15-7+. The molecule has 116 valence electrons. The van der Waals surface area contributed by atoms with Gasteiger partial charge in [0, 0.05) is 12.5 Å². The van der Waals surface area contributed by atoms with E-state index in [1.54, 1.807) is 26.3 Å². The molecule has 7 nitrogen and oxygen atoms in total. The monoisotopic (exact) mass is 320 g/mol. The second-order valence-corrected chi connectivity index (χ2v) is 4.87. The van der Waals surface area contributed by atoms with E-state index in [1.165, 1.54) is 11.6 Å². The van der Waals surface area contributed by atoms with Crippen molar-refractivity contribution in [3.05, 3.63) is 39.9 Å². The molecule has 1 N–H and O–H groups in total. The number of carbonyl (C=O) groups excluding carboxylic acids is 1. The summed E-state index contributed by atoms with van der Waals surface area (Å²) in [6.07, 6.45) is 1.65. The lowest BCUT2D eigenvalue weighted by Crippen LogP contribution is -2.02. The summed E-state index contributed by atoms with van der Waals surface area (Å²) in [7, 11) is 1.56. The predicted octanol–water partition coefficient (Wildman–Crippen LogP) is 2.20. The number of hydrogen-bond acceptors (Lipinski definition) is 6. The Balaban J connectivity index is 2.26. The van der Waals surface area contributed by atoms with Crippen molar-refractivity contribution in [1.29, 1.82) is 0 Å². The first kappa shape index (κ1) is 15.9. The lowest BCUT2D eigenvalue weighted by Gasteiger charge is -2.09. The molecule has 8 heteroatoms. The van der Waals surface area contributed by atoms with Crippen LogP contribution in [-0.4, -0.2) is 34.2 Å². The first-order valence-electron chi connectivity index (χ1n) is 6.50. The Morgan fingerprint density at radius 3 is 2.91 bits per heavy atom. The normalized spacial score (nSPS) is 10.9. The van der Waals surface area contributed by atoms with Crippen molar-refractivity contribution >= 4 is 24.4 Å². The van der Waals surface area contributed by atoms with Gasteiger partial charge >= 0.3 is 5.97 Å². The molecule has 0 fully saturated rings. The van der Waals surface area contributed by atoms with Crippen molar-refractivity contribution in [3.8, 4) is 5.75 Å². The topological polar surface area (TPSA) is 81.5 Å². The highest BCUT2D eigenvalue weighted by Crippen LogP contribution is 2.20. The molecule has 0 aliphatic rings. The number of aromatic nitrogens is 3. The highest BCUT2D eigenvalue weighted by molar-refractivity contribution is 7.71. The minimum atomic E-state index is -0.346. The summed E-state index contributed by atoms with van der Waals surface area (Å²) < 4.78 is 12.2. The fourth-order valence-corrected chi connectivity index (χ4v) is 2.03. The molecule has 0 aliphatic carbocycles. The van der Waals surface area contributed by atoms with Crippen LogP contribution in [0.15, 0.2) is 23.3 Å². The van der Waals surface area contributed by atoms with E-state index >= 15 is 0 Å². The van der Waals surface area contributed by atoms with E-state index in [2.05, 4.69) is 15.3 Å². The van der Waals surface area contributed by atoms with E-state index in [4.69, 9.17) is 21.7 Å². The summed E-state index contributed by atoms with van der Waals surface area (Å²) >= 11 is 5.08. The van der Waals surface area contributed by atoms with Gasteiger partial charge in [0.1, 0.15) is 18.2 Å². The smallest absolute Gasteiger partial charge is 0.302 e. The van der Waals surface area contributed by atoms with Gasteiger partial charge in [0.25, 0.3) is 0 Å². The molecule has 0 unspecified atom stereocenters. The number of aryl methyl sites for hydroxylation is 1. The maximum Gasteiger partial charge on any atom is 0.302 e. The minimum Gasteiger partial charge on any atom is -0.496 e. The van der Waals surface area contributed by atoms with Gasteiger partial charge in [-0.2, -0.15) is 14.9 Å². The molecule has 2 rings (SSSR count). The summed E-state index contributed by atoms with van der Waals surface area (Å²) in [4.78, 5) is 10.9. The minimum absolute atomic E-state index is 0.143. The Labute approximate surface area is 132 Å². The molecule has 1 aromatic heterocycles. The van der Waals surface area contributed by atoms with E-state index in [-0.39, 0.29) is 12.6 Å². The van der Waals surface area contributed by atoms with Gasteiger partial charge in [-0.05, 0) is 42.9 Å². The van der Waals surface area contributed by atoms with Crippen LogP contribution in [0.4, 0.5) is 0 Å². The van der Waals surface area contributed by atoms with Crippen molar-refractivity contribution in [3.63, 3.8) is 0 Å². The third kappa shape index (κ3) is 3.79. The quantitative estimate of drug-likeness (QED) is 0.519. The molecule has 0 bridgehead atoms. The summed E-state index contributed by atoms with van der Waals surface area (Å²) in [6, 6.07) is 5.48. The van der Waals surface area contributed by atoms with Crippen molar-refractivity contribution < 1.29 is 14.3 Å². The molecule has 1 heterocycles. The van der Waals surface area contributed by atoms with Crippen LogP contribution in [0, 0.1) is 11.7 Å². The molecule has 2 aromatic rings. The van der Waals surface area contributed by atoms with E-state index in [1.807, 2.05) is 12.1 Å². The molecule has 22 heavy (non-hydrogen) atoms. The Morgan fingerprint density at radius 2 is 2.32 bits per heavy atom. The molecule has 0 radical (unpaired) electrons. The maximum absolute atomic E-state index is 10.9. The summed E-state index contributed by atoms with van der Waals surface area (Å²) in [5, 5.41) is 10.9. The number of carbonyl (C=O) groups is 1. The summed E-state index contributed by atoms with van der Waals surface area (Å²) in [5.74, 6) is 0.964. The predicted molar refractivity (Wildman–Crippen MR) is 83.6 cm³/mol. The zero-order valence-electron chi connectivity index (χ0n) is 12.5. The molecule has 0 spiro atoms. The van der Waals surface area contributed by atoms with Gasteiger partial charge in [-0.25, -0.2) is 0 Å². The molecule has 0 atom stereocenters. The van der Waals surface area contributed by atoms with Gasteiger partial charge in [0.2, 0.25) is 4.77 Å². The number of ether oxygens (including phenoxy) is 2. The van der Waals surface area contributed by atoms with Crippen molar-refractivity contribution in [1.82, 2.24) is 14.9 Å². The first-order valence-corrected chi connectivity index (χ1v) is 6.90. The number of nitrogens with zero attached hydrogens (tertiary/aromatic N) is 3. The first-order chi connectivity index (χ1) is 10.5. The lowest BCUT2D eigenvalue weighted by molar-refractivity contribution is -0.142. The summed E-state index contributed by atoms with van der Waals surface area (Å²) in [5.41, 5.74) is 1.58. The average molecular weight is 320 g/mol. The van der Waals surface area contributed by atoms with Gasteiger partial charge in [-0.3, -0.25) is 9.89 Å². The molecule has 1 aromatic carbocycles. The number of nitrogens with one attached hydrogen (secondary N) is 1. The van der Waals surface area contributed by atoms with E-state index < -0.39 is 0 Å². The largest absolute Gasteiger partial charge is 0.496 e. The Bertz CT molecular complexity index is 764. The maximum atomic E-state index is 10.9. The van der Waals surface area contributed by atoms with Gasteiger partial charge < -0.3 is 9.47 Å². The number of hydrogen-bond donors (Lipinski definition) is 1. The second kappa shape index (κ2) is 6.99. The molecule has 0 saturated heterocycles. The van der Waals surface area contributed by atoms with Gasteiger partial charge in [-0.15, -0.1) is 0 Å². The van der Waals surface area contributed by atoms with E-state index in [0.29, 0.717) is 16.3 Å². The summed E-state index contributed by atoms with van der Waals surface area (Å²) in [6.45, 7) is 3.30. The van der Waals surface area contributed by atoms with Crippen LogP contribution < -0.4 is 4.74 Å². The van der Waals surface area contributed by atoms with Crippen LogP contribution in [0.1, 0.15) is 23.9 Å². The Morgan fingerprint density at radius 1 is 1.55 bits per heavy atom. The zero-order valence-corrected chi connectivity index (χ0v) is 13.3. The Hall–Kier alpha value is -2.48. The second-order valence-electron chi connectivity index (χ2n) is 4.48. The third-order valence-corrected chi connectivity index (χ3v) is 3.13. The molecule has 0 saturated carbocycles. The number of rotatable bonds is 5. The van der Waals surface area contributed by atoms with Crippen LogP contribution in [0.5, 0.6) is 5.75 Å². The number of esters is 1. The van der Waals surface area contributed by atoms with E-state index in [9.17, 15) is 4.79 Å². The lowest BCUT2D eigenvalue weighted by atomic mass is 10.1. The number of methoxy groups -OCH3 is 1. The zero-order chi connectivity index (χ0) is 16.1. The Kier molecular flexibility index (Phi) is 5.05. The van der Waals surface area contributed by atoms with Crippen molar-refractivity contribution in [2.75, 3.05) is 7.11 Å². The van der Waals surface area contributed by atoms with Crippen LogP contribution in [-0.2, 0) is 16.1 Å². The van der Waals surface area contributed by atoms with Crippen LogP contribution >= 0.6 is 12.2 Å². The molecule has 0 aliphatic heterocycles. The van der Waals surface area contributed by atoms with Crippen LogP contribution in [0.25, 0.3) is 0 Å². The van der Waals surface area contributed by atoms with Crippen molar-refractivity contribution in [2.45, 2.75) is 20.5 Å². The highest BCUT2D eigenvalue weighted by Gasteiger charge is 2.06. The third-order valence-electron chi connectivity index (χ3n) is 2.87. The van der Waals surface area contributed by atoms with Crippen LogP contribution in [0.2, 0.25) is 0 Å². The molecule has 0 amide bonds.